The van der Waals surface area contributed by atoms with Crippen LogP contribution < -0.4 is 0 Å². The first-order valence-corrected chi connectivity index (χ1v) is 16.5. The Kier molecular flexibility index (Phi) is 5.10. The van der Waals surface area contributed by atoms with Gasteiger partial charge >= 0.3 is 0 Å². The zero-order valence-corrected chi connectivity index (χ0v) is 25.9. The second kappa shape index (κ2) is 9.14. The van der Waals surface area contributed by atoms with Gasteiger partial charge < -0.3 is 0 Å². The maximum Gasteiger partial charge on any atom is 0.0391 e. The third kappa shape index (κ3) is 3.53. The van der Waals surface area contributed by atoms with E-state index >= 15 is 0 Å². The highest BCUT2D eigenvalue weighted by atomic mass is 32.1. The first kappa shape index (κ1) is 25.1. The summed E-state index contributed by atoms with van der Waals surface area (Å²) in [7, 11) is 0. The van der Waals surface area contributed by atoms with E-state index in [1.807, 2.05) is 11.3 Å². The summed E-state index contributed by atoms with van der Waals surface area (Å²) in [6, 6.07) is 50.1. The van der Waals surface area contributed by atoms with Gasteiger partial charge in [-0.15, -0.1) is 11.3 Å². The summed E-state index contributed by atoms with van der Waals surface area (Å²) in [5.74, 6) is 0. The van der Waals surface area contributed by atoms with Crippen molar-refractivity contribution in [3.05, 3.63) is 145 Å². The molecule has 0 saturated heterocycles. The van der Waals surface area contributed by atoms with E-state index in [1.54, 1.807) is 0 Å². The van der Waals surface area contributed by atoms with Gasteiger partial charge in [0, 0.05) is 20.2 Å². The largest absolute Gasteiger partial charge is 0.135 e. The molecule has 0 fully saturated rings. The van der Waals surface area contributed by atoms with Gasteiger partial charge in [-0.25, -0.2) is 0 Å². The minimum atomic E-state index is 1.25. The van der Waals surface area contributed by atoms with Gasteiger partial charge in [-0.3, -0.25) is 0 Å². The molecule has 9 aromatic carbocycles. The molecular weight excluding hydrogens is 561 g/mol. The lowest BCUT2D eigenvalue weighted by atomic mass is 9.89. The topological polar surface area (TPSA) is 0 Å². The smallest absolute Gasteiger partial charge is 0.0391 e. The first-order chi connectivity index (χ1) is 22.1. The minimum Gasteiger partial charge on any atom is -0.135 e. The predicted molar refractivity (Wildman–Crippen MR) is 198 cm³/mol. The molecule has 0 atom stereocenters. The van der Waals surface area contributed by atoms with Crippen LogP contribution in [0.3, 0.4) is 0 Å². The molecule has 0 radical (unpaired) electrons. The van der Waals surface area contributed by atoms with Gasteiger partial charge in [0.2, 0.25) is 0 Å². The highest BCUT2D eigenvalue weighted by Crippen LogP contribution is 2.47. The Hall–Kier alpha value is -5.24. The van der Waals surface area contributed by atoms with Gasteiger partial charge in [0.25, 0.3) is 0 Å². The minimum absolute atomic E-state index is 1.25. The van der Waals surface area contributed by atoms with Crippen LogP contribution in [-0.4, -0.2) is 0 Å². The Balaban J connectivity index is 1.17. The molecule has 1 aromatic heterocycles. The molecule has 10 aromatic rings. The maximum absolute atomic E-state index is 2.41. The van der Waals surface area contributed by atoms with Gasteiger partial charge in [-0.2, -0.15) is 0 Å². The SMILES string of the molecule is Cc1ccc2ccc3c(-c4ccc5cc(-c6cc7c8ccccc8ccc7c7ccccc67)ccc5c4)cc(C)c4sc1c2c34. The molecule has 0 amide bonds. The zero-order valence-electron chi connectivity index (χ0n) is 25.1. The van der Waals surface area contributed by atoms with Gasteiger partial charge in [0.15, 0.2) is 0 Å². The molecule has 0 unspecified atom stereocenters. The van der Waals surface area contributed by atoms with Crippen molar-refractivity contribution in [3.8, 4) is 22.3 Å². The molecule has 210 valence electrons. The molecule has 0 saturated carbocycles. The van der Waals surface area contributed by atoms with Crippen LogP contribution in [0.2, 0.25) is 0 Å². The zero-order chi connectivity index (χ0) is 29.8. The van der Waals surface area contributed by atoms with Crippen LogP contribution in [0.25, 0.3) is 96.3 Å². The quantitative estimate of drug-likeness (QED) is 0.176. The summed E-state index contributed by atoms with van der Waals surface area (Å²) in [4.78, 5) is 0. The molecule has 1 heterocycles. The molecule has 10 rings (SSSR count). The number of rotatable bonds is 2. The molecular formula is C44H28S. The number of thiophene rings is 1. The molecule has 1 heteroatoms. The summed E-state index contributed by atoms with van der Waals surface area (Å²) in [6.45, 7) is 4.51. The molecule has 0 bridgehead atoms. The predicted octanol–water partition coefficient (Wildman–Crippen LogP) is 13.2. The van der Waals surface area contributed by atoms with Gasteiger partial charge in [0.05, 0.1) is 0 Å². The molecule has 0 aliphatic heterocycles. The standard InChI is InChI=1S/C44H28S/c1-25-11-12-28-18-20-37-38(21-26(2)44-42(37)41(28)43(25)45-44)31-15-13-30-23-32(16-14-29(30)22-31)39-24-40-33-8-4-3-7-27(33)17-19-36(40)34-9-5-6-10-35(34)39/h3-24H,1-2H3. The monoisotopic (exact) mass is 588 g/mol. The first-order valence-electron chi connectivity index (χ1n) is 15.7. The Morgan fingerprint density at radius 3 is 1.73 bits per heavy atom. The van der Waals surface area contributed by atoms with Gasteiger partial charge in [0.1, 0.15) is 0 Å². The van der Waals surface area contributed by atoms with Crippen LogP contribution in [-0.2, 0) is 0 Å². The van der Waals surface area contributed by atoms with Gasteiger partial charge in [-0.05, 0) is 125 Å². The lowest BCUT2D eigenvalue weighted by Gasteiger charge is -2.14. The number of benzene rings is 9. The van der Waals surface area contributed by atoms with Crippen molar-refractivity contribution in [2.24, 2.45) is 0 Å². The van der Waals surface area contributed by atoms with Crippen molar-refractivity contribution in [2.45, 2.75) is 13.8 Å². The molecule has 0 aliphatic carbocycles. The molecule has 0 nitrogen and oxygen atoms in total. The van der Waals surface area contributed by atoms with Crippen LogP contribution in [0.15, 0.2) is 133 Å². The number of hydrogen-bond acceptors (Lipinski definition) is 1. The fourth-order valence-corrected chi connectivity index (χ4v) is 9.08. The van der Waals surface area contributed by atoms with Crippen molar-refractivity contribution in [1.29, 1.82) is 0 Å². The van der Waals surface area contributed by atoms with E-state index < -0.39 is 0 Å². The highest BCUT2D eigenvalue weighted by Gasteiger charge is 2.18. The van der Waals surface area contributed by atoms with Crippen LogP contribution in [0, 0.1) is 13.8 Å². The number of hydrogen-bond donors (Lipinski definition) is 0. The summed E-state index contributed by atoms with van der Waals surface area (Å²) in [6.07, 6.45) is 0. The van der Waals surface area contributed by atoms with Crippen molar-refractivity contribution in [1.82, 2.24) is 0 Å². The van der Waals surface area contributed by atoms with Crippen LogP contribution in [0.4, 0.5) is 0 Å². The number of fused-ring (bicyclic) bond motifs is 6. The third-order valence-electron chi connectivity index (χ3n) is 10.0. The van der Waals surface area contributed by atoms with Crippen LogP contribution >= 0.6 is 11.3 Å². The highest BCUT2D eigenvalue weighted by molar-refractivity contribution is 7.26. The average molecular weight is 589 g/mol. The van der Waals surface area contributed by atoms with Crippen molar-refractivity contribution < 1.29 is 0 Å². The van der Waals surface area contributed by atoms with E-state index in [9.17, 15) is 0 Å². The average Bonchev–Trinajstić information content (AvgIpc) is 3.51. The normalized spacial score (nSPS) is 12.2. The Morgan fingerprint density at radius 2 is 0.933 bits per heavy atom. The Morgan fingerprint density at radius 1 is 0.356 bits per heavy atom. The van der Waals surface area contributed by atoms with E-state index in [1.165, 1.54) is 107 Å². The second-order valence-electron chi connectivity index (χ2n) is 12.6. The maximum atomic E-state index is 2.41. The summed E-state index contributed by atoms with van der Waals surface area (Å²) in [5, 5.41) is 15.9. The van der Waals surface area contributed by atoms with Crippen molar-refractivity contribution in [2.75, 3.05) is 0 Å². The molecule has 0 aliphatic rings. The van der Waals surface area contributed by atoms with Crippen molar-refractivity contribution >= 4 is 85.4 Å². The lowest BCUT2D eigenvalue weighted by molar-refractivity contribution is 1.56. The van der Waals surface area contributed by atoms with Crippen molar-refractivity contribution in [3.63, 3.8) is 0 Å². The summed E-state index contributed by atoms with van der Waals surface area (Å²) in [5.41, 5.74) is 7.86. The molecule has 0 N–H and O–H groups in total. The van der Waals surface area contributed by atoms with Crippen LogP contribution in [0.1, 0.15) is 11.1 Å². The van der Waals surface area contributed by atoms with Gasteiger partial charge in [-0.1, -0.05) is 109 Å². The van der Waals surface area contributed by atoms with E-state index in [2.05, 4.69) is 147 Å². The Labute approximate surface area is 265 Å². The van der Waals surface area contributed by atoms with E-state index in [0.29, 0.717) is 0 Å². The van der Waals surface area contributed by atoms with E-state index in [0.717, 1.165) is 0 Å². The fourth-order valence-electron chi connectivity index (χ4n) is 7.79. The van der Waals surface area contributed by atoms with E-state index in [4.69, 9.17) is 0 Å². The van der Waals surface area contributed by atoms with Crippen LogP contribution in [0.5, 0.6) is 0 Å². The lowest BCUT2D eigenvalue weighted by Crippen LogP contribution is -1.88. The molecule has 45 heavy (non-hydrogen) atoms. The third-order valence-corrected chi connectivity index (χ3v) is 11.5. The summed E-state index contributed by atoms with van der Waals surface area (Å²) < 4.78 is 2.85. The molecule has 0 spiro atoms. The summed E-state index contributed by atoms with van der Waals surface area (Å²) >= 11 is 1.95. The second-order valence-corrected chi connectivity index (χ2v) is 13.6. The fraction of sp³-hybridized carbons (Fsp3) is 0.0455. The van der Waals surface area contributed by atoms with E-state index in [-0.39, 0.29) is 0 Å². The number of aryl methyl sites for hydroxylation is 2. The Bertz CT molecular complexity index is 2830.